The van der Waals surface area contributed by atoms with Crippen molar-refractivity contribution in [2.45, 2.75) is 0 Å². The lowest BCUT2D eigenvalue weighted by molar-refractivity contribution is -0.898. The van der Waals surface area contributed by atoms with E-state index in [1.807, 2.05) is 0 Å². The van der Waals surface area contributed by atoms with Gasteiger partial charge in [0.25, 0.3) is 0 Å². The molecule has 0 amide bonds. The van der Waals surface area contributed by atoms with Gasteiger partial charge in [0.2, 0.25) is 0 Å². The molecule has 4 nitrogen and oxygen atoms in total. The van der Waals surface area contributed by atoms with Crippen LogP contribution in [0.1, 0.15) is 0 Å². The first-order chi connectivity index (χ1) is 4.34. The Morgan fingerprint density at radius 2 is 2.56 bits per heavy atom. The average molecular weight is 127 g/mol. The predicted octanol–water partition coefficient (Wildman–Crippen LogP) is -1.28. The van der Waals surface area contributed by atoms with Crippen LogP contribution in [0.5, 0.6) is 0 Å². The summed E-state index contributed by atoms with van der Waals surface area (Å²) in [7, 11) is 1.43. The monoisotopic (exact) mass is 127 g/mol. The van der Waals surface area contributed by atoms with Crippen LogP contribution in [0, 0.1) is 0 Å². The largest absolute Gasteiger partial charge is 0.534 e. The van der Waals surface area contributed by atoms with Crippen molar-refractivity contribution in [1.29, 1.82) is 0 Å². The number of hydrogen-bond acceptors (Lipinski definition) is 2. The summed E-state index contributed by atoms with van der Waals surface area (Å²) in [6, 6.07) is 1.67. The number of rotatable bonds is 1. The minimum Gasteiger partial charge on any atom is -0.336 e. The fourth-order valence-electron chi connectivity index (χ4n) is 0.516. The molecule has 0 atom stereocenters. The van der Waals surface area contributed by atoms with Gasteiger partial charge in [-0.2, -0.15) is 4.79 Å². The molecule has 0 bridgehead atoms. The van der Waals surface area contributed by atoms with E-state index >= 15 is 0 Å². The fourth-order valence-corrected chi connectivity index (χ4v) is 0.516. The molecule has 1 heterocycles. The van der Waals surface area contributed by atoms with Crippen LogP contribution >= 0.6 is 0 Å². The van der Waals surface area contributed by atoms with Gasteiger partial charge in [0, 0.05) is 6.07 Å². The third-order valence-electron chi connectivity index (χ3n) is 0.921. The molecule has 4 heteroatoms. The first kappa shape index (κ1) is 5.81. The summed E-state index contributed by atoms with van der Waals surface area (Å²) in [4.78, 5) is 17.7. The first-order valence-corrected chi connectivity index (χ1v) is 2.48. The summed E-state index contributed by atoms with van der Waals surface area (Å²) >= 11 is 0. The van der Waals surface area contributed by atoms with Gasteiger partial charge in [-0.1, -0.05) is 0 Å². The highest BCUT2D eigenvalue weighted by molar-refractivity contribution is 4.68. The van der Waals surface area contributed by atoms with Gasteiger partial charge < -0.3 is 4.84 Å². The van der Waals surface area contributed by atoms with Gasteiger partial charge in [-0.25, -0.2) is 4.98 Å². The van der Waals surface area contributed by atoms with Gasteiger partial charge in [-0.3, -0.25) is 0 Å². The highest BCUT2D eigenvalue weighted by atomic mass is 16.6. The maximum Gasteiger partial charge on any atom is 0.534 e. The second-order valence-corrected chi connectivity index (χ2v) is 1.47. The van der Waals surface area contributed by atoms with E-state index in [-0.39, 0.29) is 5.69 Å². The molecule has 0 spiro atoms. The Morgan fingerprint density at radius 3 is 3.00 bits per heavy atom. The molecule has 48 valence electrons. The molecule has 0 aromatic carbocycles. The van der Waals surface area contributed by atoms with Crippen molar-refractivity contribution in [3.05, 3.63) is 28.9 Å². The van der Waals surface area contributed by atoms with Crippen LogP contribution in [0.15, 0.2) is 23.3 Å². The highest BCUT2D eigenvalue weighted by Gasteiger charge is 1.97. The summed E-state index contributed by atoms with van der Waals surface area (Å²) in [6.07, 6.45) is 3.07. The maximum atomic E-state index is 10.6. The average Bonchev–Trinajstić information content (AvgIpc) is 1.89. The number of aromatic nitrogens is 2. The second-order valence-electron chi connectivity index (χ2n) is 1.47. The van der Waals surface area contributed by atoms with Crippen LogP contribution in [0.25, 0.3) is 0 Å². The van der Waals surface area contributed by atoms with E-state index in [9.17, 15) is 4.79 Å². The molecular weight excluding hydrogens is 120 g/mol. The topological polar surface area (TPSA) is 46.0 Å². The van der Waals surface area contributed by atoms with E-state index in [0.29, 0.717) is 0 Å². The van der Waals surface area contributed by atoms with Crippen molar-refractivity contribution >= 4 is 0 Å². The first-order valence-electron chi connectivity index (χ1n) is 2.48. The SMILES string of the molecule is CO[n+]1ccc[nH]c1=O. The van der Waals surface area contributed by atoms with E-state index in [0.717, 1.165) is 4.73 Å². The Hall–Kier alpha value is -1.32. The van der Waals surface area contributed by atoms with Crippen molar-refractivity contribution in [2.75, 3.05) is 7.11 Å². The molecular formula is C5H7N2O2+. The van der Waals surface area contributed by atoms with E-state index in [2.05, 4.69) is 9.82 Å². The Bertz CT molecular complexity index is 243. The van der Waals surface area contributed by atoms with Gasteiger partial charge in [-0.15, -0.1) is 0 Å². The summed E-state index contributed by atoms with van der Waals surface area (Å²) < 4.78 is 1.10. The quantitative estimate of drug-likeness (QED) is 0.478. The van der Waals surface area contributed by atoms with E-state index < -0.39 is 0 Å². The van der Waals surface area contributed by atoms with Crippen LogP contribution in [0.4, 0.5) is 0 Å². The number of hydrogen-bond donors (Lipinski definition) is 1. The van der Waals surface area contributed by atoms with E-state index in [4.69, 9.17) is 0 Å². The molecule has 0 saturated carbocycles. The lowest BCUT2D eigenvalue weighted by Crippen LogP contribution is -2.55. The zero-order valence-electron chi connectivity index (χ0n) is 5.00. The molecule has 1 aromatic heterocycles. The van der Waals surface area contributed by atoms with Crippen LogP contribution < -0.4 is 15.3 Å². The molecule has 0 aliphatic heterocycles. The summed E-state index contributed by atoms with van der Waals surface area (Å²) in [5.41, 5.74) is -0.278. The number of nitrogens with one attached hydrogen (secondary N) is 1. The van der Waals surface area contributed by atoms with Crippen LogP contribution in [0.3, 0.4) is 0 Å². The zero-order valence-corrected chi connectivity index (χ0v) is 5.00. The maximum absolute atomic E-state index is 10.6. The predicted molar refractivity (Wildman–Crippen MR) is 29.8 cm³/mol. The van der Waals surface area contributed by atoms with Crippen molar-refractivity contribution in [3.63, 3.8) is 0 Å². The van der Waals surface area contributed by atoms with Gasteiger partial charge in [0.1, 0.15) is 13.3 Å². The zero-order chi connectivity index (χ0) is 6.69. The molecule has 1 rings (SSSR count). The molecule has 1 aromatic rings. The van der Waals surface area contributed by atoms with Gasteiger partial charge in [0.05, 0.1) is 6.20 Å². The van der Waals surface area contributed by atoms with E-state index in [1.54, 1.807) is 6.07 Å². The molecule has 1 N–H and O–H groups in total. The minimum atomic E-state index is -0.278. The Balaban J connectivity index is 3.16. The summed E-state index contributed by atoms with van der Waals surface area (Å²) in [5, 5.41) is 0. The Labute approximate surface area is 51.7 Å². The third kappa shape index (κ3) is 1.07. The number of aromatic amines is 1. The van der Waals surface area contributed by atoms with Gasteiger partial charge in [-0.05, 0) is 4.73 Å². The molecule has 0 aliphatic rings. The van der Waals surface area contributed by atoms with Crippen LogP contribution in [-0.4, -0.2) is 12.1 Å². The number of nitrogens with zero attached hydrogens (tertiary/aromatic N) is 1. The van der Waals surface area contributed by atoms with E-state index in [1.165, 1.54) is 19.5 Å². The normalized spacial score (nSPS) is 9.00. The third-order valence-corrected chi connectivity index (χ3v) is 0.921. The Morgan fingerprint density at radius 1 is 1.78 bits per heavy atom. The fraction of sp³-hybridized carbons (Fsp3) is 0.200. The molecule has 0 fully saturated rings. The van der Waals surface area contributed by atoms with Crippen molar-refractivity contribution in [1.82, 2.24) is 4.98 Å². The molecule has 0 radical (unpaired) electrons. The molecule has 0 saturated heterocycles. The second kappa shape index (κ2) is 2.30. The standard InChI is InChI=1S/C5H6N2O2/c1-9-7-4-2-3-6-5(7)8/h2-4H,1H3/p+1. The van der Waals surface area contributed by atoms with Gasteiger partial charge >= 0.3 is 5.69 Å². The van der Waals surface area contributed by atoms with Crippen molar-refractivity contribution in [3.8, 4) is 0 Å². The Kier molecular flexibility index (Phi) is 1.48. The highest BCUT2D eigenvalue weighted by Crippen LogP contribution is 1.60. The van der Waals surface area contributed by atoms with Gasteiger partial charge in [0.15, 0.2) is 0 Å². The van der Waals surface area contributed by atoms with Crippen molar-refractivity contribution < 1.29 is 9.57 Å². The molecule has 0 unspecified atom stereocenters. The number of H-pyrrole nitrogens is 1. The molecule has 0 aliphatic carbocycles. The van der Waals surface area contributed by atoms with Crippen molar-refractivity contribution in [2.24, 2.45) is 0 Å². The minimum absolute atomic E-state index is 0.278. The lowest BCUT2D eigenvalue weighted by Gasteiger charge is -1.88. The molecule has 9 heavy (non-hydrogen) atoms. The van der Waals surface area contributed by atoms with Crippen LogP contribution in [0.2, 0.25) is 0 Å². The van der Waals surface area contributed by atoms with Crippen LogP contribution in [-0.2, 0) is 0 Å². The summed E-state index contributed by atoms with van der Waals surface area (Å²) in [5.74, 6) is 0. The smallest absolute Gasteiger partial charge is 0.336 e. The summed E-state index contributed by atoms with van der Waals surface area (Å²) in [6.45, 7) is 0. The lowest BCUT2D eigenvalue weighted by atomic mass is 10.7.